The summed E-state index contributed by atoms with van der Waals surface area (Å²) in [5, 5.41) is 15.1. The second kappa shape index (κ2) is 8.84. The molecule has 2 rings (SSSR count). The SMILES string of the molecule is [C-]#[N+]c1ccc(NC(=O)[C@@](C)(O)COc2ccc(NC(C)=O)cc2)cc1C(F)(F)F. The third kappa shape index (κ3) is 5.96. The average Bonchev–Trinajstić information content (AvgIpc) is 2.66. The van der Waals surface area contributed by atoms with Crippen molar-refractivity contribution in [3.8, 4) is 5.75 Å². The number of aliphatic hydroxyl groups is 1. The van der Waals surface area contributed by atoms with Crippen LogP contribution in [0.25, 0.3) is 4.85 Å². The summed E-state index contributed by atoms with van der Waals surface area (Å²) < 4.78 is 44.5. The molecule has 0 unspecified atom stereocenters. The molecule has 0 heterocycles. The van der Waals surface area contributed by atoms with Crippen molar-refractivity contribution >= 4 is 28.9 Å². The summed E-state index contributed by atoms with van der Waals surface area (Å²) >= 11 is 0. The van der Waals surface area contributed by atoms with Gasteiger partial charge in [0.05, 0.1) is 12.1 Å². The predicted octanol–water partition coefficient (Wildman–Crippen LogP) is 3.98. The van der Waals surface area contributed by atoms with Crippen LogP contribution in [-0.4, -0.2) is 29.1 Å². The molecule has 0 fully saturated rings. The van der Waals surface area contributed by atoms with Gasteiger partial charge in [0.15, 0.2) is 11.3 Å². The highest BCUT2D eigenvalue weighted by atomic mass is 19.4. The lowest BCUT2D eigenvalue weighted by Crippen LogP contribution is -2.45. The van der Waals surface area contributed by atoms with Gasteiger partial charge in [0, 0.05) is 18.3 Å². The minimum absolute atomic E-state index is 0.223. The first-order valence-electron chi connectivity index (χ1n) is 8.55. The fourth-order valence-electron chi connectivity index (χ4n) is 2.33. The average molecular weight is 421 g/mol. The lowest BCUT2D eigenvalue weighted by atomic mass is 10.1. The van der Waals surface area contributed by atoms with Crippen LogP contribution in [0.1, 0.15) is 19.4 Å². The van der Waals surface area contributed by atoms with Crippen LogP contribution < -0.4 is 15.4 Å². The van der Waals surface area contributed by atoms with Crippen molar-refractivity contribution in [2.45, 2.75) is 25.6 Å². The van der Waals surface area contributed by atoms with Crippen molar-refractivity contribution in [2.75, 3.05) is 17.2 Å². The Morgan fingerprint density at radius 1 is 1.10 bits per heavy atom. The van der Waals surface area contributed by atoms with Gasteiger partial charge < -0.3 is 20.5 Å². The molecule has 0 radical (unpaired) electrons. The zero-order chi connectivity index (χ0) is 22.5. The molecule has 0 spiro atoms. The van der Waals surface area contributed by atoms with Crippen LogP contribution >= 0.6 is 0 Å². The van der Waals surface area contributed by atoms with Gasteiger partial charge in [-0.3, -0.25) is 9.59 Å². The summed E-state index contributed by atoms with van der Waals surface area (Å²) in [6.07, 6.45) is -4.77. The molecule has 10 heteroatoms. The summed E-state index contributed by atoms with van der Waals surface area (Å²) in [6.45, 7) is 8.84. The topological polar surface area (TPSA) is 92.0 Å². The lowest BCUT2D eigenvalue weighted by Gasteiger charge is -2.23. The van der Waals surface area contributed by atoms with Gasteiger partial charge in [-0.15, -0.1) is 0 Å². The Balaban J connectivity index is 2.05. The maximum Gasteiger partial charge on any atom is 0.407 e. The minimum Gasteiger partial charge on any atom is -0.490 e. The molecule has 2 amide bonds. The van der Waals surface area contributed by atoms with E-state index in [0.29, 0.717) is 17.5 Å². The van der Waals surface area contributed by atoms with Crippen molar-refractivity contribution in [1.29, 1.82) is 0 Å². The van der Waals surface area contributed by atoms with Crippen LogP contribution in [-0.2, 0) is 15.8 Å². The van der Waals surface area contributed by atoms with Crippen molar-refractivity contribution < 1.29 is 32.6 Å². The van der Waals surface area contributed by atoms with Crippen LogP contribution in [0.3, 0.4) is 0 Å². The number of alkyl halides is 3. The van der Waals surface area contributed by atoms with E-state index in [1.807, 2.05) is 0 Å². The van der Waals surface area contributed by atoms with Gasteiger partial charge in [-0.25, -0.2) is 4.85 Å². The predicted molar refractivity (Wildman–Crippen MR) is 103 cm³/mol. The molecule has 2 aromatic rings. The molecule has 0 saturated carbocycles. The number of ether oxygens (including phenoxy) is 1. The summed E-state index contributed by atoms with van der Waals surface area (Å²) in [7, 11) is 0. The molecular formula is C20H18F3N3O4. The number of hydrogen-bond donors (Lipinski definition) is 3. The first-order valence-corrected chi connectivity index (χ1v) is 8.55. The Morgan fingerprint density at radius 3 is 2.23 bits per heavy atom. The largest absolute Gasteiger partial charge is 0.490 e. The number of hydrogen-bond acceptors (Lipinski definition) is 4. The van der Waals surface area contributed by atoms with Crippen molar-refractivity contribution in [1.82, 2.24) is 0 Å². The van der Waals surface area contributed by atoms with E-state index in [-0.39, 0.29) is 11.6 Å². The van der Waals surface area contributed by atoms with E-state index in [2.05, 4.69) is 15.5 Å². The zero-order valence-electron chi connectivity index (χ0n) is 16.0. The standard InChI is InChI=1S/C20H18F3N3O4/c1-12(27)25-13-4-7-15(8-5-13)30-11-19(2,29)18(28)26-14-6-9-17(24-3)16(10-14)20(21,22)23/h4-10,29H,11H2,1-2H3,(H,25,27)(H,26,28)/t19-/m0/s1. The molecule has 0 aliphatic rings. The third-order valence-corrected chi connectivity index (χ3v) is 3.86. The van der Waals surface area contributed by atoms with Crippen molar-refractivity contribution in [3.05, 3.63) is 59.4 Å². The van der Waals surface area contributed by atoms with Gasteiger partial charge in [0.2, 0.25) is 5.91 Å². The van der Waals surface area contributed by atoms with Crippen LogP contribution in [0.2, 0.25) is 0 Å². The number of benzene rings is 2. The van der Waals surface area contributed by atoms with Crippen molar-refractivity contribution in [2.24, 2.45) is 0 Å². The second-order valence-electron chi connectivity index (χ2n) is 6.56. The Kier molecular flexibility index (Phi) is 6.69. The molecule has 0 bridgehead atoms. The maximum absolute atomic E-state index is 13.0. The van der Waals surface area contributed by atoms with Gasteiger partial charge in [-0.2, -0.15) is 13.2 Å². The van der Waals surface area contributed by atoms with Crippen LogP contribution in [0, 0.1) is 6.57 Å². The van der Waals surface area contributed by atoms with Crippen LogP contribution in [0.4, 0.5) is 30.2 Å². The fourth-order valence-corrected chi connectivity index (χ4v) is 2.33. The van der Waals surface area contributed by atoms with E-state index < -0.39 is 35.5 Å². The van der Waals surface area contributed by atoms with E-state index in [1.54, 1.807) is 12.1 Å². The molecule has 0 aliphatic heterocycles. The highest BCUT2D eigenvalue weighted by Crippen LogP contribution is 2.38. The summed E-state index contributed by atoms with van der Waals surface area (Å²) in [4.78, 5) is 26.1. The maximum atomic E-state index is 13.0. The van der Waals surface area contributed by atoms with Gasteiger partial charge >= 0.3 is 6.18 Å². The summed E-state index contributed by atoms with van der Waals surface area (Å²) in [5.74, 6) is -0.930. The van der Waals surface area contributed by atoms with Gasteiger partial charge in [-0.05, 0) is 43.3 Å². The quantitative estimate of drug-likeness (QED) is 0.616. The third-order valence-electron chi connectivity index (χ3n) is 3.86. The fraction of sp³-hybridized carbons (Fsp3) is 0.250. The number of rotatable bonds is 6. The van der Waals surface area contributed by atoms with Gasteiger partial charge in [0.1, 0.15) is 12.4 Å². The lowest BCUT2D eigenvalue weighted by molar-refractivity contribution is -0.137. The summed E-state index contributed by atoms with van der Waals surface area (Å²) in [5.41, 5.74) is -3.54. The normalized spacial score (nSPS) is 13.0. The first-order chi connectivity index (χ1) is 13.9. The number of carbonyl (C=O) groups is 2. The van der Waals surface area contributed by atoms with E-state index in [0.717, 1.165) is 19.1 Å². The Hall–Kier alpha value is -3.58. The number of carbonyl (C=O) groups excluding carboxylic acids is 2. The molecule has 0 aliphatic carbocycles. The number of nitrogens with one attached hydrogen (secondary N) is 2. The number of amides is 2. The number of nitrogens with zero attached hydrogens (tertiary/aromatic N) is 1. The Bertz CT molecular complexity index is 980. The van der Waals surface area contributed by atoms with Gasteiger partial charge in [0.25, 0.3) is 5.91 Å². The summed E-state index contributed by atoms with van der Waals surface area (Å²) in [6, 6.07) is 8.84. The molecule has 158 valence electrons. The Morgan fingerprint density at radius 2 is 1.70 bits per heavy atom. The molecule has 2 aromatic carbocycles. The van der Waals surface area contributed by atoms with Crippen LogP contribution in [0.5, 0.6) is 5.75 Å². The number of anilines is 2. The highest BCUT2D eigenvalue weighted by Gasteiger charge is 2.35. The zero-order valence-corrected chi connectivity index (χ0v) is 16.0. The molecule has 0 saturated heterocycles. The molecular weight excluding hydrogens is 403 g/mol. The Labute approximate surface area is 170 Å². The molecule has 7 nitrogen and oxygen atoms in total. The second-order valence-corrected chi connectivity index (χ2v) is 6.56. The van der Waals surface area contributed by atoms with Crippen molar-refractivity contribution in [3.63, 3.8) is 0 Å². The molecule has 0 aromatic heterocycles. The number of halogens is 3. The van der Waals surface area contributed by atoms with E-state index in [4.69, 9.17) is 11.3 Å². The minimum atomic E-state index is -4.77. The smallest absolute Gasteiger partial charge is 0.407 e. The molecule has 3 N–H and O–H groups in total. The van der Waals surface area contributed by atoms with Crippen LogP contribution in [0.15, 0.2) is 42.5 Å². The van der Waals surface area contributed by atoms with Gasteiger partial charge in [-0.1, -0.05) is 6.07 Å². The molecule has 1 atom stereocenters. The van der Waals surface area contributed by atoms with E-state index in [9.17, 15) is 27.9 Å². The van der Waals surface area contributed by atoms with E-state index in [1.165, 1.54) is 19.1 Å². The highest BCUT2D eigenvalue weighted by molar-refractivity contribution is 5.97. The monoisotopic (exact) mass is 421 g/mol. The van der Waals surface area contributed by atoms with E-state index >= 15 is 0 Å². The molecule has 30 heavy (non-hydrogen) atoms. The first kappa shape index (κ1) is 22.7.